The van der Waals surface area contributed by atoms with Crippen molar-refractivity contribution in [1.29, 1.82) is 0 Å². The molecule has 2 N–H and O–H groups in total. The monoisotopic (exact) mass is 515 g/mol. The summed E-state index contributed by atoms with van der Waals surface area (Å²) in [6.45, 7) is 1.54. The van der Waals surface area contributed by atoms with Gasteiger partial charge >= 0.3 is 0 Å². The molecule has 0 saturated heterocycles. The first kappa shape index (κ1) is 24.4. The van der Waals surface area contributed by atoms with E-state index < -0.39 is 15.9 Å². The molecule has 176 valence electrons. The summed E-state index contributed by atoms with van der Waals surface area (Å²) < 4.78 is 48.6. The maximum atomic E-state index is 13.1. The van der Waals surface area contributed by atoms with Crippen LogP contribution in [-0.4, -0.2) is 47.1 Å². The van der Waals surface area contributed by atoms with Crippen LogP contribution in [-0.2, 0) is 10.0 Å². The SMILES string of the molecule is COc1cc(C=O)c(NC(=O)c2sccc2S(=O)(=O)Nc2onc(C)c2Cl)c(OC)c1OC. The van der Waals surface area contributed by atoms with Gasteiger partial charge in [0.05, 0.1) is 27.0 Å². The van der Waals surface area contributed by atoms with Crippen LogP contribution in [0.5, 0.6) is 17.2 Å². The van der Waals surface area contributed by atoms with Crippen LogP contribution < -0.4 is 24.2 Å². The van der Waals surface area contributed by atoms with Crippen LogP contribution in [0, 0.1) is 6.92 Å². The minimum atomic E-state index is -4.27. The molecule has 0 radical (unpaired) electrons. The van der Waals surface area contributed by atoms with Crippen LogP contribution in [0.2, 0.25) is 5.02 Å². The number of carbonyl (C=O) groups is 2. The highest BCUT2D eigenvalue weighted by molar-refractivity contribution is 7.93. The number of nitrogens with zero attached hydrogens (tertiary/aromatic N) is 1. The summed E-state index contributed by atoms with van der Waals surface area (Å²) in [5, 5.41) is 7.52. The molecule has 0 bridgehead atoms. The minimum Gasteiger partial charge on any atom is -0.493 e. The number of halogens is 1. The zero-order valence-electron chi connectivity index (χ0n) is 17.7. The van der Waals surface area contributed by atoms with Gasteiger partial charge in [0.2, 0.25) is 5.75 Å². The highest BCUT2D eigenvalue weighted by atomic mass is 35.5. The molecule has 3 rings (SSSR count). The summed E-state index contributed by atoms with van der Waals surface area (Å²) in [4.78, 5) is 24.2. The third-order valence-corrected chi connectivity index (χ3v) is 7.23. The fourth-order valence-electron chi connectivity index (χ4n) is 2.84. The molecule has 2 heterocycles. The van der Waals surface area contributed by atoms with Gasteiger partial charge in [-0.15, -0.1) is 11.3 Å². The van der Waals surface area contributed by atoms with E-state index in [0.29, 0.717) is 12.0 Å². The van der Waals surface area contributed by atoms with Crippen LogP contribution in [0.15, 0.2) is 26.9 Å². The standard InChI is InChI=1S/C19H18ClN3O8S2/c1-9-13(20)19(31-22-9)23-33(26,27)12-5-6-32-17(12)18(25)21-14-10(8-24)7-11(28-2)15(29-3)16(14)30-4/h5-8,23H,1-4H3,(H,21,25). The highest BCUT2D eigenvalue weighted by Crippen LogP contribution is 2.45. The van der Waals surface area contributed by atoms with Gasteiger partial charge in [0.1, 0.15) is 20.5 Å². The molecule has 33 heavy (non-hydrogen) atoms. The molecular formula is C19H18ClN3O8S2. The number of thiophene rings is 1. The lowest BCUT2D eigenvalue weighted by Crippen LogP contribution is -2.19. The molecule has 0 fully saturated rings. The Morgan fingerprint density at radius 2 is 1.91 bits per heavy atom. The first-order valence-electron chi connectivity index (χ1n) is 9.00. The smallest absolute Gasteiger partial charge is 0.267 e. The number of aldehydes is 1. The number of sulfonamides is 1. The highest BCUT2D eigenvalue weighted by Gasteiger charge is 2.29. The van der Waals surface area contributed by atoms with Gasteiger partial charge in [-0.1, -0.05) is 16.8 Å². The van der Waals surface area contributed by atoms with E-state index in [9.17, 15) is 18.0 Å². The molecule has 0 spiro atoms. The van der Waals surface area contributed by atoms with Gasteiger partial charge in [-0.3, -0.25) is 9.59 Å². The van der Waals surface area contributed by atoms with E-state index in [2.05, 4.69) is 15.2 Å². The van der Waals surface area contributed by atoms with E-state index in [0.717, 1.165) is 11.3 Å². The third kappa shape index (κ3) is 4.60. The Kier molecular flexibility index (Phi) is 7.15. The van der Waals surface area contributed by atoms with E-state index >= 15 is 0 Å². The fourth-order valence-corrected chi connectivity index (χ4v) is 5.33. The summed E-state index contributed by atoms with van der Waals surface area (Å²) in [6, 6.07) is 2.59. The largest absolute Gasteiger partial charge is 0.493 e. The van der Waals surface area contributed by atoms with E-state index in [1.165, 1.54) is 45.8 Å². The van der Waals surface area contributed by atoms with Crippen LogP contribution in [0.1, 0.15) is 25.7 Å². The second kappa shape index (κ2) is 9.68. The molecule has 14 heteroatoms. The molecule has 0 saturated carbocycles. The van der Waals surface area contributed by atoms with Crippen molar-refractivity contribution in [2.75, 3.05) is 31.4 Å². The van der Waals surface area contributed by atoms with Crippen molar-refractivity contribution in [3.8, 4) is 17.2 Å². The normalized spacial score (nSPS) is 11.1. The number of anilines is 2. The Bertz CT molecular complexity index is 1320. The zero-order chi connectivity index (χ0) is 24.3. The summed E-state index contributed by atoms with van der Waals surface area (Å²) in [6.07, 6.45) is 0.488. The topological polar surface area (TPSA) is 146 Å². The Labute approximate surface area is 197 Å². The van der Waals surface area contributed by atoms with Gasteiger partial charge in [0.25, 0.3) is 21.8 Å². The van der Waals surface area contributed by atoms with Crippen molar-refractivity contribution in [3.05, 3.63) is 38.7 Å². The number of aryl methyl sites for hydroxylation is 1. The number of hydrogen-bond donors (Lipinski definition) is 2. The van der Waals surface area contributed by atoms with Crippen molar-refractivity contribution in [2.24, 2.45) is 0 Å². The van der Waals surface area contributed by atoms with Crippen molar-refractivity contribution >= 4 is 56.7 Å². The predicted molar refractivity (Wildman–Crippen MR) is 121 cm³/mol. The lowest BCUT2D eigenvalue weighted by Gasteiger charge is -2.18. The van der Waals surface area contributed by atoms with Gasteiger partial charge < -0.3 is 24.1 Å². The number of amides is 1. The van der Waals surface area contributed by atoms with Crippen molar-refractivity contribution in [3.63, 3.8) is 0 Å². The summed E-state index contributed by atoms with van der Waals surface area (Å²) >= 11 is 6.85. The number of carbonyl (C=O) groups excluding carboxylic acids is 2. The molecule has 3 aromatic rings. The second-order valence-corrected chi connectivity index (χ2v) is 9.26. The third-order valence-electron chi connectivity index (χ3n) is 4.37. The lowest BCUT2D eigenvalue weighted by molar-refractivity contribution is 0.102. The molecule has 1 amide bonds. The van der Waals surface area contributed by atoms with E-state index in [1.54, 1.807) is 0 Å². The quantitative estimate of drug-likeness (QED) is 0.408. The van der Waals surface area contributed by atoms with E-state index in [4.69, 9.17) is 30.3 Å². The number of rotatable bonds is 9. The maximum Gasteiger partial charge on any atom is 0.267 e. The molecule has 0 aliphatic rings. The minimum absolute atomic E-state index is 0.00880. The molecule has 0 unspecified atom stereocenters. The molecule has 1 aromatic carbocycles. The first-order valence-corrected chi connectivity index (χ1v) is 11.7. The molecule has 2 aromatic heterocycles. The number of benzene rings is 1. The zero-order valence-corrected chi connectivity index (χ0v) is 20.1. The van der Waals surface area contributed by atoms with Gasteiger partial charge in [0.15, 0.2) is 17.8 Å². The Balaban J connectivity index is 2.00. The van der Waals surface area contributed by atoms with Crippen LogP contribution in [0.4, 0.5) is 11.6 Å². The summed E-state index contributed by atoms with van der Waals surface area (Å²) in [5.74, 6) is -0.722. The van der Waals surface area contributed by atoms with Crippen molar-refractivity contribution in [2.45, 2.75) is 11.8 Å². The molecule has 11 nitrogen and oxygen atoms in total. The number of aromatic nitrogens is 1. The second-order valence-electron chi connectivity index (χ2n) is 6.31. The van der Waals surface area contributed by atoms with Crippen molar-refractivity contribution < 1.29 is 36.7 Å². The van der Waals surface area contributed by atoms with Crippen LogP contribution in [0.3, 0.4) is 0 Å². The van der Waals surface area contributed by atoms with E-state index in [-0.39, 0.29) is 49.2 Å². The average Bonchev–Trinajstić information content (AvgIpc) is 3.41. The van der Waals surface area contributed by atoms with Gasteiger partial charge in [-0.05, 0) is 24.4 Å². The summed E-state index contributed by atoms with van der Waals surface area (Å²) in [7, 11) is -0.214. The Morgan fingerprint density at radius 1 is 1.21 bits per heavy atom. The number of ether oxygens (including phenoxy) is 3. The fraction of sp³-hybridized carbons (Fsp3) is 0.211. The average molecular weight is 516 g/mol. The van der Waals surface area contributed by atoms with Gasteiger partial charge in [0, 0.05) is 5.56 Å². The summed E-state index contributed by atoms with van der Waals surface area (Å²) in [5.41, 5.74) is 0.300. The molecule has 0 aliphatic heterocycles. The number of hydrogen-bond acceptors (Lipinski definition) is 10. The van der Waals surface area contributed by atoms with Crippen LogP contribution >= 0.6 is 22.9 Å². The van der Waals surface area contributed by atoms with Crippen LogP contribution in [0.25, 0.3) is 0 Å². The lowest BCUT2D eigenvalue weighted by atomic mass is 10.1. The molecule has 0 atom stereocenters. The first-order chi connectivity index (χ1) is 15.7. The number of methoxy groups -OCH3 is 3. The van der Waals surface area contributed by atoms with E-state index in [1.807, 2.05) is 0 Å². The van der Waals surface area contributed by atoms with Gasteiger partial charge in [-0.2, -0.15) is 0 Å². The molecule has 0 aliphatic carbocycles. The Morgan fingerprint density at radius 3 is 2.45 bits per heavy atom. The predicted octanol–water partition coefficient (Wildman–Crippen LogP) is 3.59. The Hall–Kier alpha value is -3.29. The maximum absolute atomic E-state index is 13.1. The van der Waals surface area contributed by atoms with Gasteiger partial charge in [-0.25, -0.2) is 13.1 Å². The van der Waals surface area contributed by atoms with Crippen molar-refractivity contribution in [1.82, 2.24) is 5.16 Å². The molecular weight excluding hydrogens is 498 g/mol. The number of nitrogens with one attached hydrogen (secondary N) is 2.